The van der Waals surface area contributed by atoms with E-state index in [1.165, 1.54) is 25.2 Å². The van der Waals surface area contributed by atoms with Gasteiger partial charge in [-0.1, -0.05) is 48.6 Å². The lowest BCUT2D eigenvalue weighted by Crippen LogP contribution is -2.27. The van der Waals surface area contributed by atoms with E-state index in [2.05, 4.69) is 86.0 Å². The molecular weight excluding hydrogens is 295 g/mol. The molecule has 2 aromatic carbocycles. The highest BCUT2D eigenvalue weighted by molar-refractivity contribution is 7.89. The predicted molar refractivity (Wildman–Crippen MR) is 108 cm³/mol. The SMILES string of the molecule is C=CCCC[P+](CCCC=C)(c1ccccc1)c1ccccc1. The maximum atomic E-state index is 3.90. The third kappa shape index (κ3) is 4.66. The molecule has 0 saturated carbocycles. The smallest absolute Gasteiger partial charge is 0.0991 e. The summed E-state index contributed by atoms with van der Waals surface area (Å²) in [5, 5.41) is 3.08. The van der Waals surface area contributed by atoms with Crippen molar-refractivity contribution in [1.82, 2.24) is 0 Å². The normalized spacial score (nSPS) is 11.1. The van der Waals surface area contributed by atoms with Gasteiger partial charge in [-0.2, -0.15) is 0 Å². The maximum absolute atomic E-state index is 3.90. The van der Waals surface area contributed by atoms with Gasteiger partial charge >= 0.3 is 0 Å². The van der Waals surface area contributed by atoms with Crippen molar-refractivity contribution in [2.24, 2.45) is 0 Å². The van der Waals surface area contributed by atoms with Crippen LogP contribution < -0.4 is 10.6 Å². The summed E-state index contributed by atoms with van der Waals surface area (Å²) in [5.41, 5.74) is 0. The van der Waals surface area contributed by atoms with Gasteiger partial charge in [-0.05, 0) is 49.9 Å². The Labute approximate surface area is 142 Å². The number of hydrogen-bond donors (Lipinski definition) is 0. The predicted octanol–water partition coefficient (Wildman–Crippen LogP) is 5.59. The summed E-state index contributed by atoms with van der Waals surface area (Å²) in [6, 6.07) is 22.3. The van der Waals surface area contributed by atoms with Crippen molar-refractivity contribution >= 4 is 17.9 Å². The van der Waals surface area contributed by atoms with Gasteiger partial charge in [0.1, 0.15) is 0 Å². The Kier molecular flexibility index (Phi) is 7.30. The summed E-state index contributed by atoms with van der Waals surface area (Å²) in [7, 11) is -1.36. The Morgan fingerprint density at radius 3 is 1.39 bits per heavy atom. The number of hydrogen-bond acceptors (Lipinski definition) is 0. The highest BCUT2D eigenvalue weighted by Crippen LogP contribution is 2.57. The second-order valence-electron chi connectivity index (χ2n) is 5.95. The van der Waals surface area contributed by atoms with Gasteiger partial charge in [-0.25, -0.2) is 0 Å². The molecule has 0 radical (unpaired) electrons. The van der Waals surface area contributed by atoms with Crippen molar-refractivity contribution in [2.75, 3.05) is 12.3 Å². The Bertz CT molecular complexity index is 530. The van der Waals surface area contributed by atoms with Crippen LogP contribution in [0.2, 0.25) is 0 Å². The molecule has 0 atom stereocenters. The lowest BCUT2D eigenvalue weighted by Gasteiger charge is -2.27. The Morgan fingerprint density at radius 1 is 0.652 bits per heavy atom. The van der Waals surface area contributed by atoms with E-state index >= 15 is 0 Å². The molecular formula is C22H28P+. The van der Waals surface area contributed by atoms with Crippen molar-refractivity contribution < 1.29 is 0 Å². The molecule has 0 saturated heterocycles. The van der Waals surface area contributed by atoms with Crippen LogP contribution in [0.5, 0.6) is 0 Å². The first-order valence-corrected chi connectivity index (χ1v) is 10.7. The third-order valence-electron chi connectivity index (χ3n) is 4.40. The monoisotopic (exact) mass is 323 g/mol. The molecule has 23 heavy (non-hydrogen) atoms. The van der Waals surface area contributed by atoms with Crippen LogP contribution in [0.3, 0.4) is 0 Å². The van der Waals surface area contributed by atoms with Crippen LogP contribution in [0.1, 0.15) is 25.7 Å². The molecule has 0 nitrogen and oxygen atoms in total. The Morgan fingerprint density at radius 2 is 1.04 bits per heavy atom. The number of rotatable bonds is 10. The molecule has 2 rings (SSSR count). The number of benzene rings is 2. The summed E-state index contributed by atoms with van der Waals surface area (Å²) in [6.07, 6.45) is 11.3. The molecule has 2 aromatic rings. The van der Waals surface area contributed by atoms with Crippen molar-refractivity contribution in [3.8, 4) is 0 Å². The molecule has 0 N–H and O–H groups in total. The quantitative estimate of drug-likeness (QED) is 0.304. The van der Waals surface area contributed by atoms with Gasteiger partial charge < -0.3 is 0 Å². The zero-order valence-corrected chi connectivity index (χ0v) is 14.9. The summed E-state index contributed by atoms with van der Waals surface area (Å²) in [5.74, 6) is 0. The third-order valence-corrected chi connectivity index (χ3v) is 9.13. The van der Waals surface area contributed by atoms with Crippen molar-refractivity contribution in [3.63, 3.8) is 0 Å². The molecule has 0 aliphatic rings. The first-order chi connectivity index (χ1) is 11.3. The van der Waals surface area contributed by atoms with E-state index in [1.54, 1.807) is 10.6 Å². The maximum Gasteiger partial charge on any atom is 0.0991 e. The molecule has 0 aliphatic heterocycles. The van der Waals surface area contributed by atoms with Crippen LogP contribution in [0, 0.1) is 0 Å². The number of unbranched alkanes of at least 4 members (excludes halogenated alkanes) is 2. The van der Waals surface area contributed by atoms with Gasteiger partial charge in [-0.15, -0.1) is 13.2 Å². The zero-order valence-electron chi connectivity index (χ0n) is 14.0. The molecule has 0 fully saturated rings. The minimum absolute atomic E-state index is 1.10. The van der Waals surface area contributed by atoms with Gasteiger partial charge in [0.15, 0.2) is 0 Å². The molecule has 1 heteroatoms. The van der Waals surface area contributed by atoms with Crippen molar-refractivity contribution in [3.05, 3.63) is 86.0 Å². The van der Waals surface area contributed by atoms with Crippen LogP contribution in [-0.2, 0) is 0 Å². The van der Waals surface area contributed by atoms with Gasteiger partial charge in [-0.3, -0.25) is 0 Å². The summed E-state index contributed by atoms with van der Waals surface area (Å²) < 4.78 is 0. The second-order valence-corrected chi connectivity index (χ2v) is 9.81. The lowest BCUT2D eigenvalue weighted by atomic mass is 10.3. The topological polar surface area (TPSA) is 0 Å². The Hall–Kier alpha value is -1.65. The molecule has 0 bridgehead atoms. The van der Waals surface area contributed by atoms with E-state index in [0.717, 1.165) is 12.8 Å². The standard InChI is InChI=1S/C22H28P/c1-3-5-13-19-23(20-14-6-4-2,21-15-9-7-10-16-21)22-17-11-8-12-18-22/h3-4,7-12,15-18H,1-2,5-6,13-14,19-20H2/q+1. The second kappa shape index (κ2) is 9.48. The molecule has 0 spiro atoms. The van der Waals surface area contributed by atoms with Gasteiger partial charge in [0, 0.05) is 0 Å². The van der Waals surface area contributed by atoms with Crippen molar-refractivity contribution in [1.29, 1.82) is 0 Å². The fourth-order valence-corrected chi connectivity index (χ4v) is 7.70. The van der Waals surface area contributed by atoms with E-state index < -0.39 is 7.26 Å². The van der Waals surface area contributed by atoms with E-state index in [-0.39, 0.29) is 0 Å². The summed E-state index contributed by atoms with van der Waals surface area (Å²) in [6.45, 7) is 7.80. The fraction of sp³-hybridized carbons (Fsp3) is 0.273. The minimum atomic E-state index is -1.36. The highest BCUT2D eigenvalue weighted by Gasteiger charge is 2.41. The van der Waals surface area contributed by atoms with Crippen LogP contribution in [0.25, 0.3) is 0 Å². The van der Waals surface area contributed by atoms with E-state index in [1.807, 2.05) is 0 Å². The Balaban J connectivity index is 2.43. The molecule has 0 aromatic heterocycles. The van der Waals surface area contributed by atoms with Gasteiger partial charge in [0.25, 0.3) is 0 Å². The minimum Gasteiger partial charge on any atom is -0.103 e. The summed E-state index contributed by atoms with van der Waals surface area (Å²) in [4.78, 5) is 0. The van der Waals surface area contributed by atoms with Crippen LogP contribution in [-0.4, -0.2) is 12.3 Å². The fourth-order valence-electron chi connectivity index (χ4n) is 3.22. The van der Waals surface area contributed by atoms with E-state index in [0.29, 0.717) is 0 Å². The molecule has 0 aliphatic carbocycles. The first kappa shape index (κ1) is 17.7. The molecule has 0 unspecified atom stereocenters. The number of allylic oxidation sites excluding steroid dienone is 2. The molecule has 120 valence electrons. The van der Waals surface area contributed by atoms with Gasteiger partial charge in [0.2, 0.25) is 0 Å². The highest BCUT2D eigenvalue weighted by atomic mass is 31.2. The van der Waals surface area contributed by atoms with Gasteiger partial charge in [0.05, 0.1) is 30.2 Å². The largest absolute Gasteiger partial charge is 0.103 e. The van der Waals surface area contributed by atoms with E-state index in [9.17, 15) is 0 Å². The van der Waals surface area contributed by atoms with E-state index in [4.69, 9.17) is 0 Å². The molecule has 0 heterocycles. The first-order valence-electron chi connectivity index (χ1n) is 8.53. The van der Waals surface area contributed by atoms with Crippen LogP contribution in [0.4, 0.5) is 0 Å². The van der Waals surface area contributed by atoms with Crippen LogP contribution >= 0.6 is 7.26 Å². The van der Waals surface area contributed by atoms with Crippen molar-refractivity contribution in [2.45, 2.75) is 25.7 Å². The average Bonchev–Trinajstić information content (AvgIpc) is 2.62. The van der Waals surface area contributed by atoms with Crippen LogP contribution in [0.15, 0.2) is 86.0 Å². The zero-order chi connectivity index (χ0) is 16.4. The molecule has 0 amide bonds. The summed E-state index contributed by atoms with van der Waals surface area (Å²) >= 11 is 0. The average molecular weight is 323 g/mol. The lowest BCUT2D eigenvalue weighted by molar-refractivity contribution is 0.935.